The highest BCUT2D eigenvalue weighted by molar-refractivity contribution is 6.21. The van der Waals surface area contributed by atoms with Crippen molar-refractivity contribution in [2.75, 3.05) is 27.5 Å². The molecular formula is C34H32N4O7. The summed E-state index contributed by atoms with van der Waals surface area (Å²) >= 11 is 0. The van der Waals surface area contributed by atoms with Crippen LogP contribution in [0, 0.1) is 25.2 Å². The summed E-state index contributed by atoms with van der Waals surface area (Å²) in [6, 6.07) is 8.91. The number of nitriles is 1. The number of ether oxygens (including phenoxy) is 3. The number of benzene rings is 3. The Morgan fingerprint density at radius 1 is 1.00 bits per heavy atom. The third-order valence-corrected chi connectivity index (χ3v) is 10.5. The summed E-state index contributed by atoms with van der Waals surface area (Å²) in [5.74, 6) is 0.583. The van der Waals surface area contributed by atoms with Crippen LogP contribution in [0.2, 0.25) is 0 Å². The Hall–Kier alpha value is -4.79. The third-order valence-electron chi connectivity index (χ3n) is 10.5. The first-order valence-corrected chi connectivity index (χ1v) is 15.0. The van der Waals surface area contributed by atoms with Gasteiger partial charge in [-0.15, -0.1) is 0 Å². The average Bonchev–Trinajstić information content (AvgIpc) is 3.60. The summed E-state index contributed by atoms with van der Waals surface area (Å²) < 4.78 is 17.4. The number of likely N-dealkylation sites (N-methyl/N-ethyl adjacent to an activating group) is 1. The van der Waals surface area contributed by atoms with Gasteiger partial charge in [0.25, 0.3) is 11.8 Å². The number of fused-ring (bicyclic) bond motifs is 10. The van der Waals surface area contributed by atoms with Crippen LogP contribution in [0.1, 0.15) is 66.2 Å². The molecule has 2 amide bonds. The lowest BCUT2D eigenvalue weighted by Crippen LogP contribution is -2.68. The number of hydrogen-bond donors (Lipinski definition) is 2. The van der Waals surface area contributed by atoms with E-state index < -0.39 is 29.9 Å². The maximum Gasteiger partial charge on any atom is 0.261 e. The number of hydrogen-bond acceptors (Lipinski definition) is 10. The van der Waals surface area contributed by atoms with E-state index >= 15 is 0 Å². The topological polar surface area (TPSA) is 136 Å². The molecule has 8 rings (SSSR count). The molecule has 0 saturated carbocycles. The van der Waals surface area contributed by atoms with E-state index in [1.165, 1.54) is 12.0 Å². The minimum Gasteiger partial charge on any atom is -0.507 e. The lowest BCUT2D eigenvalue weighted by molar-refractivity contribution is -0.0758. The largest absolute Gasteiger partial charge is 0.507 e. The Kier molecular flexibility index (Phi) is 5.92. The highest BCUT2D eigenvalue weighted by Gasteiger charge is 2.57. The third kappa shape index (κ3) is 3.52. The fraction of sp³-hybridized carbons (Fsp3) is 0.382. The predicted molar refractivity (Wildman–Crippen MR) is 160 cm³/mol. The molecule has 0 aromatic heterocycles. The summed E-state index contributed by atoms with van der Waals surface area (Å²) in [5, 5.41) is 34.1. The van der Waals surface area contributed by atoms with Gasteiger partial charge in [0, 0.05) is 40.9 Å². The molecule has 2 bridgehead atoms. The van der Waals surface area contributed by atoms with Crippen LogP contribution in [0.5, 0.6) is 28.7 Å². The Balaban J connectivity index is 1.35. The molecule has 1 saturated heterocycles. The minimum absolute atomic E-state index is 0.0364. The molecule has 0 aliphatic carbocycles. The highest BCUT2D eigenvalue weighted by atomic mass is 16.7. The Bertz CT molecular complexity index is 1850. The highest BCUT2D eigenvalue weighted by Crippen LogP contribution is 2.58. The number of imide groups is 1. The molecule has 230 valence electrons. The van der Waals surface area contributed by atoms with Crippen LogP contribution >= 0.6 is 0 Å². The second-order valence-corrected chi connectivity index (χ2v) is 12.5. The van der Waals surface area contributed by atoms with Crippen molar-refractivity contribution in [3.8, 4) is 34.8 Å². The van der Waals surface area contributed by atoms with Gasteiger partial charge in [0.2, 0.25) is 6.79 Å². The van der Waals surface area contributed by atoms with Gasteiger partial charge in [-0.2, -0.15) is 5.26 Å². The normalized spacial score (nSPS) is 26.2. The standard InChI is InChI=1S/C34H32N4O7/c1-15-9-17-10-21-23(12-35)38-22(27(36(21)3)25(17)29(40)30(15)43-4)11-20-26(32-31(44-14-45-32)16(2)28(20)39)24(38)13-37-33(41)18-7-5-6-8-19(18)34(37)42/h5-9,21-24,27,39-40H,10-11,13-14H2,1-4H3/t21-,22?,23-,24?,27?/m0/s1. The second-order valence-electron chi connectivity index (χ2n) is 12.5. The first-order chi connectivity index (χ1) is 21.7. The second kappa shape index (κ2) is 9.60. The Morgan fingerprint density at radius 2 is 1.69 bits per heavy atom. The summed E-state index contributed by atoms with van der Waals surface area (Å²) in [5.41, 5.74) is 4.92. The molecule has 2 N–H and O–H groups in total. The van der Waals surface area contributed by atoms with Crippen molar-refractivity contribution in [3.05, 3.63) is 74.8 Å². The minimum atomic E-state index is -0.706. The molecule has 0 spiro atoms. The number of amides is 2. The van der Waals surface area contributed by atoms with E-state index in [4.69, 9.17) is 14.2 Å². The number of methoxy groups -OCH3 is 1. The fourth-order valence-electron chi connectivity index (χ4n) is 8.60. The van der Waals surface area contributed by atoms with E-state index in [0.29, 0.717) is 57.9 Å². The van der Waals surface area contributed by atoms with Gasteiger partial charge in [-0.05, 0) is 57.0 Å². The zero-order valence-corrected chi connectivity index (χ0v) is 25.3. The summed E-state index contributed by atoms with van der Waals surface area (Å²) in [6.07, 6.45) is 0.831. The number of phenols is 2. The first kappa shape index (κ1) is 27.7. The van der Waals surface area contributed by atoms with Crippen molar-refractivity contribution in [3.63, 3.8) is 0 Å². The van der Waals surface area contributed by atoms with Gasteiger partial charge in [-0.1, -0.05) is 18.2 Å². The van der Waals surface area contributed by atoms with Gasteiger partial charge in [-0.25, -0.2) is 0 Å². The number of carbonyl (C=O) groups excluding carboxylic acids is 2. The van der Waals surface area contributed by atoms with Crippen LogP contribution in [0.3, 0.4) is 0 Å². The molecule has 3 unspecified atom stereocenters. The molecule has 3 aromatic rings. The van der Waals surface area contributed by atoms with Gasteiger partial charge in [0.15, 0.2) is 23.0 Å². The van der Waals surface area contributed by atoms with Gasteiger partial charge in [0.1, 0.15) is 11.8 Å². The van der Waals surface area contributed by atoms with E-state index in [1.807, 2.05) is 20.0 Å². The monoisotopic (exact) mass is 608 g/mol. The van der Waals surface area contributed by atoms with E-state index in [2.05, 4.69) is 15.9 Å². The Labute approximate surface area is 259 Å². The van der Waals surface area contributed by atoms with Gasteiger partial charge in [-0.3, -0.25) is 24.3 Å². The number of rotatable bonds is 3. The predicted octanol–water partition coefficient (Wildman–Crippen LogP) is 3.52. The average molecular weight is 609 g/mol. The van der Waals surface area contributed by atoms with E-state index in [9.17, 15) is 25.1 Å². The number of nitrogens with zero attached hydrogens (tertiary/aromatic N) is 4. The van der Waals surface area contributed by atoms with Crippen LogP contribution < -0.4 is 14.2 Å². The summed E-state index contributed by atoms with van der Waals surface area (Å²) in [6.45, 7) is 3.56. The maximum atomic E-state index is 13.7. The quantitative estimate of drug-likeness (QED) is 0.425. The molecule has 5 aliphatic heterocycles. The molecule has 1 fully saturated rings. The molecule has 0 radical (unpaired) electrons. The molecule has 3 aromatic carbocycles. The zero-order valence-electron chi connectivity index (χ0n) is 25.3. The van der Waals surface area contributed by atoms with Crippen LogP contribution in [-0.4, -0.2) is 82.3 Å². The molecule has 11 nitrogen and oxygen atoms in total. The zero-order chi connectivity index (χ0) is 31.5. The van der Waals surface area contributed by atoms with Gasteiger partial charge >= 0.3 is 0 Å². The van der Waals surface area contributed by atoms with Crippen LogP contribution in [0.4, 0.5) is 0 Å². The lowest BCUT2D eigenvalue weighted by atomic mass is 9.71. The first-order valence-electron chi connectivity index (χ1n) is 15.0. The van der Waals surface area contributed by atoms with E-state index in [1.54, 1.807) is 31.2 Å². The van der Waals surface area contributed by atoms with Gasteiger partial charge in [0.05, 0.1) is 36.4 Å². The number of piperazine rings is 1. The molecular weight excluding hydrogens is 576 g/mol. The van der Waals surface area contributed by atoms with Crippen molar-refractivity contribution in [1.29, 1.82) is 5.26 Å². The van der Waals surface area contributed by atoms with Crippen molar-refractivity contribution in [1.82, 2.24) is 14.7 Å². The fourth-order valence-corrected chi connectivity index (χ4v) is 8.60. The smallest absolute Gasteiger partial charge is 0.261 e. The van der Waals surface area contributed by atoms with Gasteiger partial charge < -0.3 is 24.4 Å². The summed E-state index contributed by atoms with van der Waals surface area (Å²) in [7, 11) is 3.49. The van der Waals surface area contributed by atoms with Crippen LogP contribution in [0.25, 0.3) is 0 Å². The van der Waals surface area contributed by atoms with Crippen molar-refractivity contribution >= 4 is 11.8 Å². The SMILES string of the molecule is COc1c(C)cc2c(c1O)C1C3Cc4c(O)c(C)c5c(c4C(CN4C(=O)c6ccccc6C4=O)N3[C@@H](C#N)[C@H](C2)N1C)OCO5. The molecule has 5 aliphatic rings. The molecule has 5 atom stereocenters. The maximum absolute atomic E-state index is 13.7. The number of aryl methyl sites for hydroxylation is 1. The Morgan fingerprint density at radius 3 is 2.36 bits per heavy atom. The lowest BCUT2D eigenvalue weighted by Gasteiger charge is -2.60. The van der Waals surface area contributed by atoms with Crippen molar-refractivity contribution in [2.45, 2.75) is 56.9 Å². The number of phenolic OH excluding ortho intramolecular Hbond substituents is 2. The van der Waals surface area contributed by atoms with E-state index in [-0.39, 0.29) is 36.9 Å². The summed E-state index contributed by atoms with van der Waals surface area (Å²) in [4.78, 5) is 32.8. The van der Waals surface area contributed by atoms with Crippen LogP contribution in [0.15, 0.2) is 30.3 Å². The number of aromatic hydroxyl groups is 2. The van der Waals surface area contributed by atoms with Crippen molar-refractivity contribution < 1.29 is 34.0 Å². The molecule has 5 heterocycles. The molecule has 11 heteroatoms. The van der Waals surface area contributed by atoms with Crippen LogP contribution in [-0.2, 0) is 12.8 Å². The number of carbonyl (C=O) groups is 2. The van der Waals surface area contributed by atoms with Crippen molar-refractivity contribution in [2.24, 2.45) is 0 Å². The molecule has 45 heavy (non-hydrogen) atoms. The van der Waals surface area contributed by atoms with E-state index in [0.717, 1.165) is 16.7 Å².